The van der Waals surface area contributed by atoms with Gasteiger partial charge in [-0.25, -0.2) is 4.79 Å². The van der Waals surface area contributed by atoms with E-state index in [2.05, 4.69) is 9.97 Å². The van der Waals surface area contributed by atoms with Crippen molar-refractivity contribution >= 4 is 11.6 Å². The number of hydrogen-bond donors (Lipinski definition) is 1. The maximum atomic E-state index is 11.4. The van der Waals surface area contributed by atoms with Crippen LogP contribution in [0.1, 0.15) is 16.2 Å². The van der Waals surface area contributed by atoms with Crippen LogP contribution in [0, 0.1) is 6.92 Å². The van der Waals surface area contributed by atoms with Crippen molar-refractivity contribution in [3.63, 3.8) is 0 Å². The van der Waals surface area contributed by atoms with Crippen LogP contribution in [0.25, 0.3) is 5.65 Å². The fourth-order valence-corrected chi connectivity index (χ4v) is 1.92. The lowest BCUT2D eigenvalue weighted by atomic mass is 10.3. The predicted molar refractivity (Wildman–Crippen MR) is 71.2 cm³/mol. The van der Waals surface area contributed by atoms with E-state index in [9.17, 15) is 9.90 Å². The molecule has 0 aliphatic carbocycles. The van der Waals surface area contributed by atoms with Crippen molar-refractivity contribution < 1.29 is 14.6 Å². The van der Waals surface area contributed by atoms with Gasteiger partial charge in [0.05, 0.1) is 5.69 Å². The molecule has 100 valence electrons. The van der Waals surface area contributed by atoms with Gasteiger partial charge in [-0.3, -0.25) is 9.38 Å². The Morgan fingerprint density at radius 3 is 2.90 bits per heavy atom. The standard InChI is InChI=1S/C14H11N3O3/c1-9-10(5-4-7-15-9)20-13-12(14(18)19)17-8-3-2-6-11(17)16-13/h2-8H,1H3,(H,18,19). The third kappa shape index (κ3) is 1.97. The Morgan fingerprint density at radius 1 is 1.30 bits per heavy atom. The lowest BCUT2D eigenvalue weighted by Gasteiger charge is -2.05. The smallest absolute Gasteiger partial charge is 0.358 e. The van der Waals surface area contributed by atoms with E-state index in [-0.39, 0.29) is 11.6 Å². The molecule has 0 amide bonds. The lowest BCUT2D eigenvalue weighted by molar-refractivity contribution is 0.0686. The minimum Gasteiger partial charge on any atom is -0.476 e. The highest BCUT2D eigenvalue weighted by molar-refractivity contribution is 5.89. The third-order valence-electron chi connectivity index (χ3n) is 2.87. The number of carboxylic acids is 1. The molecule has 3 heterocycles. The fourth-order valence-electron chi connectivity index (χ4n) is 1.92. The van der Waals surface area contributed by atoms with Crippen LogP contribution < -0.4 is 4.74 Å². The minimum absolute atomic E-state index is 0.0103. The number of imidazole rings is 1. The average Bonchev–Trinajstić information content (AvgIpc) is 2.79. The fraction of sp³-hybridized carbons (Fsp3) is 0.0714. The second kappa shape index (κ2) is 4.65. The maximum absolute atomic E-state index is 11.4. The van der Waals surface area contributed by atoms with Crippen molar-refractivity contribution in [1.82, 2.24) is 14.4 Å². The zero-order valence-corrected chi connectivity index (χ0v) is 10.6. The van der Waals surface area contributed by atoms with Gasteiger partial charge >= 0.3 is 5.97 Å². The summed E-state index contributed by atoms with van der Waals surface area (Å²) in [5.41, 5.74) is 1.17. The van der Waals surface area contributed by atoms with Gasteiger partial charge in [0.1, 0.15) is 5.65 Å². The van der Waals surface area contributed by atoms with Crippen molar-refractivity contribution in [2.75, 3.05) is 0 Å². The molecule has 0 aliphatic heterocycles. The SMILES string of the molecule is Cc1ncccc1Oc1nc2ccccn2c1C(=O)O. The lowest BCUT2D eigenvalue weighted by Crippen LogP contribution is -2.03. The Balaban J connectivity index is 2.14. The number of fused-ring (bicyclic) bond motifs is 1. The topological polar surface area (TPSA) is 76.7 Å². The Bertz CT molecular complexity index is 795. The van der Waals surface area contributed by atoms with Crippen molar-refractivity contribution in [3.8, 4) is 11.6 Å². The summed E-state index contributed by atoms with van der Waals surface area (Å²) in [4.78, 5) is 19.7. The van der Waals surface area contributed by atoms with Crippen molar-refractivity contribution in [1.29, 1.82) is 0 Å². The number of nitrogens with zero attached hydrogens (tertiary/aromatic N) is 3. The van der Waals surface area contributed by atoms with Crippen LogP contribution >= 0.6 is 0 Å². The number of aromatic nitrogens is 3. The van der Waals surface area contributed by atoms with Crippen LogP contribution in [-0.2, 0) is 0 Å². The molecule has 3 aromatic rings. The van der Waals surface area contributed by atoms with Gasteiger partial charge in [-0.1, -0.05) is 6.07 Å². The number of pyridine rings is 2. The normalized spacial score (nSPS) is 10.7. The molecule has 0 radical (unpaired) electrons. The van der Waals surface area contributed by atoms with Crippen LogP contribution in [0.2, 0.25) is 0 Å². The largest absolute Gasteiger partial charge is 0.476 e. The van der Waals surface area contributed by atoms with Gasteiger partial charge in [0.15, 0.2) is 11.4 Å². The Kier molecular flexibility index (Phi) is 2.83. The molecule has 0 saturated heterocycles. The second-order valence-corrected chi connectivity index (χ2v) is 4.19. The molecule has 6 heteroatoms. The van der Waals surface area contributed by atoms with Crippen LogP contribution in [0.4, 0.5) is 0 Å². The third-order valence-corrected chi connectivity index (χ3v) is 2.87. The van der Waals surface area contributed by atoms with E-state index in [1.807, 2.05) is 0 Å². The van der Waals surface area contributed by atoms with Gasteiger partial charge in [0.2, 0.25) is 0 Å². The highest BCUT2D eigenvalue weighted by Gasteiger charge is 2.20. The molecule has 20 heavy (non-hydrogen) atoms. The van der Waals surface area contributed by atoms with Gasteiger partial charge in [-0.2, -0.15) is 4.98 Å². The molecular formula is C14H11N3O3. The number of carboxylic acid groups (broad SMARTS) is 1. The predicted octanol–water partition coefficient (Wildman–Crippen LogP) is 2.53. The Hall–Kier alpha value is -2.89. The molecule has 1 N–H and O–H groups in total. The molecule has 0 saturated carbocycles. The van der Waals surface area contributed by atoms with Crippen LogP contribution in [0.3, 0.4) is 0 Å². The molecule has 3 aromatic heterocycles. The minimum atomic E-state index is -1.10. The van der Waals surface area contributed by atoms with E-state index < -0.39 is 5.97 Å². The van der Waals surface area contributed by atoms with E-state index in [0.29, 0.717) is 17.1 Å². The Morgan fingerprint density at radius 2 is 2.15 bits per heavy atom. The number of aromatic carboxylic acids is 1. The molecule has 0 aliphatic rings. The zero-order chi connectivity index (χ0) is 14.1. The molecular weight excluding hydrogens is 258 g/mol. The first-order chi connectivity index (χ1) is 9.66. The first-order valence-electron chi connectivity index (χ1n) is 5.96. The summed E-state index contributed by atoms with van der Waals surface area (Å²) in [5, 5.41) is 9.34. The number of carbonyl (C=O) groups is 1. The van der Waals surface area contributed by atoms with Crippen molar-refractivity contribution in [2.24, 2.45) is 0 Å². The summed E-state index contributed by atoms with van der Waals surface area (Å²) < 4.78 is 7.09. The van der Waals surface area contributed by atoms with Gasteiger partial charge in [0, 0.05) is 12.4 Å². The van der Waals surface area contributed by atoms with Crippen LogP contribution in [-0.4, -0.2) is 25.4 Å². The summed E-state index contributed by atoms with van der Waals surface area (Å²) in [6, 6.07) is 8.68. The number of rotatable bonds is 3. The summed E-state index contributed by atoms with van der Waals surface area (Å²) in [6.07, 6.45) is 3.28. The molecule has 6 nitrogen and oxygen atoms in total. The van der Waals surface area contributed by atoms with Crippen molar-refractivity contribution in [3.05, 3.63) is 54.1 Å². The van der Waals surface area contributed by atoms with Gasteiger partial charge < -0.3 is 9.84 Å². The second-order valence-electron chi connectivity index (χ2n) is 4.19. The molecule has 0 spiro atoms. The first kappa shape index (κ1) is 12.2. The molecule has 3 rings (SSSR count). The molecule has 0 aromatic carbocycles. The number of ether oxygens (including phenoxy) is 1. The van der Waals surface area contributed by atoms with E-state index in [0.717, 1.165) is 0 Å². The maximum Gasteiger partial charge on any atom is 0.358 e. The summed E-state index contributed by atoms with van der Waals surface area (Å²) in [5.74, 6) is -0.557. The molecule has 0 fully saturated rings. The first-order valence-corrected chi connectivity index (χ1v) is 5.96. The average molecular weight is 269 g/mol. The van der Waals surface area contributed by atoms with Gasteiger partial charge in [-0.15, -0.1) is 0 Å². The molecule has 0 unspecified atom stereocenters. The van der Waals surface area contributed by atoms with Gasteiger partial charge in [0.25, 0.3) is 5.88 Å². The highest BCUT2D eigenvalue weighted by atomic mass is 16.5. The van der Waals surface area contributed by atoms with E-state index in [1.54, 1.807) is 49.6 Å². The Labute approximate surface area is 114 Å². The summed E-state index contributed by atoms with van der Waals surface area (Å²) in [7, 11) is 0. The highest BCUT2D eigenvalue weighted by Crippen LogP contribution is 2.27. The van der Waals surface area contributed by atoms with Gasteiger partial charge in [-0.05, 0) is 31.2 Å². The van der Waals surface area contributed by atoms with E-state index in [1.165, 1.54) is 4.40 Å². The van der Waals surface area contributed by atoms with Crippen LogP contribution in [0.5, 0.6) is 11.6 Å². The van der Waals surface area contributed by atoms with E-state index in [4.69, 9.17) is 4.74 Å². The van der Waals surface area contributed by atoms with E-state index >= 15 is 0 Å². The zero-order valence-electron chi connectivity index (χ0n) is 10.6. The number of aryl methyl sites for hydroxylation is 1. The van der Waals surface area contributed by atoms with Crippen molar-refractivity contribution in [2.45, 2.75) is 6.92 Å². The summed E-state index contributed by atoms with van der Waals surface area (Å²) >= 11 is 0. The summed E-state index contributed by atoms with van der Waals surface area (Å²) in [6.45, 7) is 1.78. The number of hydrogen-bond acceptors (Lipinski definition) is 4. The quantitative estimate of drug-likeness (QED) is 0.790. The molecule has 0 atom stereocenters. The molecule has 0 bridgehead atoms. The van der Waals surface area contributed by atoms with Crippen LogP contribution in [0.15, 0.2) is 42.7 Å². The monoisotopic (exact) mass is 269 g/mol.